The van der Waals surface area contributed by atoms with E-state index in [2.05, 4.69) is 85.8 Å². The van der Waals surface area contributed by atoms with Gasteiger partial charge in [0.15, 0.2) is 5.78 Å². The van der Waals surface area contributed by atoms with Crippen LogP contribution in [0.25, 0.3) is 21.5 Å². The molecule has 31 heavy (non-hydrogen) atoms. The summed E-state index contributed by atoms with van der Waals surface area (Å²) >= 11 is 0. The maximum atomic E-state index is 13.5. The number of carbonyl (C=O) groups is 1. The third-order valence-electron chi connectivity index (χ3n) is 6.38. The highest BCUT2D eigenvalue weighted by Gasteiger charge is 2.32. The van der Waals surface area contributed by atoms with Gasteiger partial charge in [-0.25, -0.2) is 0 Å². The zero-order chi connectivity index (χ0) is 21.3. The van der Waals surface area contributed by atoms with E-state index in [1.807, 2.05) is 36.4 Å². The first-order chi connectivity index (χ1) is 15.1. The van der Waals surface area contributed by atoms with Crippen LogP contribution in [0, 0.1) is 0 Å². The van der Waals surface area contributed by atoms with E-state index in [4.69, 9.17) is 0 Å². The van der Waals surface area contributed by atoms with Gasteiger partial charge in [-0.05, 0) is 38.7 Å². The molecule has 0 N–H and O–H groups in total. The quantitative estimate of drug-likeness (QED) is 0.278. The molecule has 5 aromatic rings. The van der Waals surface area contributed by atoms with Crippen LogP contribution in [0.15, 0.2) is 115 Å². The molecule has 0 aliphatic rings. The second-order valence-corrected chi connectivity index (χ2v) is 8.42. The minimum atomic E-state index is -0.423. The Kier molecular flexibility index (Phi) is 4.88. The summed E-state index contributed by atoms with van der Waals surface area (Å²) in [6, 6.07) is 39.5. The number of ketones is 1. The Bertz CT molecular complexity index is 1380. The zero-order valence-corrected chi connectivity index (χ0v) is 17.6. The highest BCUT2D eigenvalue weighted by molar-refractivity contribution is 6.01. The van der Waals surface area contributed by atoms with Gasteiger partial charge in [0.25, 0.3) is 0 Å². The van der Waals surface area contributed by atoms with Gasteiger partial charge in [-0.3, -0.25) is 4.79 Å². The van der Waals surface area contributed by atoms with Crippen LogP contribution in [0.2, 0.25) is 0 Å². The van der Waals surface area contributed by atoms with Gasteiger partial charge in [-0.2, -0.15) is 0 Å². The minimum Gasteiger partial charge on any atom is -0.294 e. The first kappa shape index (κ1) is 19.3. The topological polar surface area (TPSA) is 17.1 Å². The van der Waals surface area contributed by atoms with E-state index in [9.17, 15) is 4.79 Å². The Morgan fingerprint density at radius 2 is 1.13 bits per heavy atom. The average molecular weight is 401 g/mol. The highest BCUT2D eigenvalue weighted by atomic mass is 16.1. The van der Waals surface area contributed by atoms with Crippen molar-refractivity contribution in [1.29, 1.82) is 0 Å². The third kappa shape index (κ3) is 3.64. The standard InChI is InChI=1S/C30H24O/c1-30(27-13-3-2-4-14-27,28-18-17-23-10-6-8-12-25(23)20-28)21-29(31)26-16-15-22-9-5-7-11-24(22)19-26/h2-20H,21H2,1H3. The number of benzene rings is 5. The van der Waals surface area contributed by atoms with Crippen molar-refractivity contribution in [1.82, 2.24) is 0 Å². The lowest BCUT2D eigenvalue weighted by molar-refractivity contribution is 0.0962. The lowest BCUT2D eigenvalue weighted by atomic mass is 9.71. The molecule has 0 aliphatic carbocycles. The van der Waals surface area contributed by atoms with Gasteiger partial charge in [-0.1, -0.05) is 116 Å². The van der Waals surface area contributed by atoms with Crippen molar-refractivity contribution in [2.75, 3.05) is 0 Å². The summed E-state index contributed by atoms with van der Waals surface area (Å²) in [5.41, 5.74) is 2.65. The van der Waals surface area contributed by atoms with Crippen LogP contribution in [0.4, 0.5) is 0 Å². The van der Waals surface area contributed by atoms with Crippen molar-refractivity contribution in [3.8, 4) is 0 Å². The van der Waals surface area contributed by atoms with Crippen molar-refractivity contribution < 1.29 is 4.79 Å². The molecule has 1 unspecified atom stereocenters. The Hall–Kier alpha value is -3.71. The molecule has 0 bridgehead atoms. The van der Waals surface area contributed by atoms with Crippen LogP contribution < -0.4 is 0 Å². The minimum absolute atomic E-state index is 0.158. The molecule has 1 heteroatoms. The lowest BCUT2D eigenvalue weighted by Gasteiger charge is -2.31. The molecule has 1 nitrogen and oxygen atoms in total. The molecule has 0 fully saturated rings. The number of fused-ring (bicyclic) bond motifs is 2. The molecular formula is C30H24O. The molecule has 0 radical (unpaired) electrons. The summed E-state index contributed by atoms with van der Waals surface area (Å²) in [7, 11) is 0. The van der Waals surface area contributed by atoms with Gasteiger partial charge in [0.05, 0.1) is 0 Å². The molecule has 0 spiro atoms. The van der Waals surface area contributed by atoms with E-state index < -0.39 is 5.41 Å². The molecule has 150 valence electrons. The van der Waals surface area contributed by atoms with Crippen molar-refractivity contribution >= 4 is 27.3 Å². The van der Waals surface area contributed by atoms with Crippen molar-refractivity contribution in [3.63, 3.8) is 0 Å². The first-order valence-corrected chi connectivity index (χ1v) is 10.7. The van der Waals surface area contributed by atoms with Gasteiger partial charge in [-0.15, -0.1) is 0 Å². The number of Topliss-reactive ketones (excluding diaryl/α,β-unsaturated/α-hetero) is 1. The molecule has 0 amide bonds. The number of rotatable bonds is 5. The SMILES string of the molecule is CC(CC(=O)c1ccc2ccccc2c1)(c1ccccc1)c1ccc2ccccc2c1. The van der Waals surface area contributed by atoms with Crippen molar-refractivity contribution in [3.05, 3.63) is 132 Å². The fraction of sp³-hybridized carbons (Fsp3) is 0.100. The van der Waals surface area contributed by atoms with Crippen molar-refractivity contribution in [2.45, 2.75) is 18.8 Å². The Balaban J connectivity index is 1.59. The van der Waals surface area contributed by atoms with Crippen LogP contribution in [0.5, 0.6) is 0 Å². The summed E-state index contributed by atoms with van der Waals surface area (Å²) in [6.45, 7) is 2.19. The Labute approximate surface area is 183 Å². The van der Waals surface area contributed by atoms with Gasteiger partial charge in [0.1, 0.15) is 0 Å². The molecule has 0 saturated carbocycles. The molecule has 0 aromatic heterocycles. The average Bonchev–Trinajstić information content (AvgIpc) is 2.84. The van der Waals surface area contributed by atoms with E-state index in [1.165, 1.54) is 10.8 Å². The van der Waals surface area contributed by atoms with E-state index >= 15 is 0 Å². The summed E-state index contributed by atoms with van der Waals surface area (Å²) in [6.07, 6.45) is 0.410. The largest absolute Gasteiger partial charge is 0.294 e. The van der Waals surface area contributed by atoms with Gasteiger partial charge < -0.3 is 0 Å². The molecule has 1 atom stereocenters. The molecule has 0 aliphatic heterocycles. The predicted octanol–water partition coefficient (Wildman–Crippen LogP) is 7.57. The fourth-order valence-corrected chi connectivity index (χ4v) is 4.50. The highest BCUT2D eigenvalue weighted by Crippen LogP contribution is 2.38. The maximum Gasteiger partial charge on any atom is 0.164 e. The van der Waals surface area contributed by atoms with Crippen LogP contribution in [-0.4, -0.2) is 5.78 Å². The third-order valence-corrected chi connectivity index (χ3v) is 6.38. The van der Waals surface area contributed by atoms with E-state index in [-0.39, 0.29) is 5.78 Å². The van der Waals surface area contributed by atoms with Crippen LogP contribution in [-0.2, 0) is 5.41 Å². The van der Waals surface area contributed by atoms with Gasteiger partial charge in [0.2, 0.25) is 0 Å². The normalized spacial score (nSPS) is 13.2. The summed E-state index contributed by atoms with van der Waals surface area (Å²) in [5, 5.41) is 4.66. The predicted molar refractivity (Wildman–Crippen MR) is 130 cm³/mol. The summed E-state index contributed by atoms with van der Waals surface area (Å²) in [4.78, 5) is 13.5. The number of hydrogen-bond donors (Lipinski definition) is 0. The fourth-order valence-electron chi connectivity index (χ4n) is 4.50. The van der Waals surface area contributed by atoms with Gasteiger partial charge >= 0.3 is 0 Å². The van der Waals surface area contributed by atoms with Crippen molar-refractivity contribution in [2.24, 2.45) is 0 Å². The Morgan fingerprint density at radius 1 is 0.581 bits per heavy atom. The molecular weight excluding hydrogens is 376 g/mol. The van der Waals surface area contributed by atoms with Crippen LogP contribution in [0.3, 0.4) is 0 Å². The maximum absolute atomic E-state index is 13.5. The second kappa shape index (κ2) is 7.85. The summed E-state index contributed by atoms with van der Waals surface area (Å²) < 4.78 is 0. The van der Waals surface area contributed by atoms with Crippen LogP contribution in [0.1, 0.15) is 34.8 Å². The lowest BCUT2D eigenvalue weighted by Crippen LogP contribution is -2.27. The van der Waals surface area contributed by atoms with E-state index in [0.717, 1.165) is 27.5 Å². The molecule has 0 heterocycles. The summed E-state index contributed by atoms with van der Waals surface area (Å²) in [5.74, 6) is 0.158. The first-order valence-electron chi connectivity index (χ1n) is 10.7. The molecule has 5 aromatic carbocycles. The smallest absolute Gasteiger partial charge is 0.164 e. The monoisotopic (exact) mass is 400 g/mol. The van der Waals surface area contributed by atoms with E-state index in [1.54, 1.807) is 0 Å². The van der Waals surface area contributed by atoms with Crippen LogP contribution >= 0.6 is 0 Å². The number of hydrogen-bond acceptors (Lipinski definition) is 1. The van der Waals surface area contributed by atoms with E-state index in [0.29, 0.717) is 6.42 Å². The molecule has 0 saturated heterocycles. The Morgan fingerprint density at radius 3 is 1.81 bits per heavy atom. The van der Waals surface area contributed by atoms with Gasteiger partial charge in [0, 0.05) is 17.4 Å². The number of carbonyl (C=O) groups excluding carboxylic acids is 1. The second-order valence-electron chi connectivity index (χ2n) is 8.42. The molecule has 5 rings (SSSR count). The zero-order valence-electron chi connectivity index (χ0n) is 17.6.